The van der Waals surface area contributed by atoms with Crippen molar-refractivity contribution < 1.29 is 4.79 Å². The minimum atomic E-state index is -0.324. The monoisotopic (exact) mass is 412 g/mol. The van der Waals surface area contributed by atoms with Gasteiger partial charge >= 0.3 is 0 Å². The maximum absolute atomic E-state index is 12.4. The fourth-order valence-corrected chi connectivity index (χ4v) is 3.57. The van der Waals surface area contributed by atoms with Crippen LogP contribution in [0.25, 0.3) is 11.4 Å². The summed E-state index contributed by atoms with van der Waals surface area (Å²) >= 11 is 13.6. The van der Waals surface area contributed by atoms with Crippen LogP contribution < -0.4 is 5.32 Å². The van der Waals surface area contributed by atoms with Gasteiger partial charge in [-0.15, -0.1) is 16.8 Å². The second-order valence-electron chi connectivity index (χ2n) is 6.83. The van der Waals surface area contributed by atoms with Crippen molar-refractivity contribution in [2.75, 3.05) is 0 Å². The minimum Gasteiger partial charge on any atom is -0.351 e. The summed E-state index contributed by atoms with van der Waals surface area (Å²) in [5, 5.41) is 12.8. The van der Waals surface area contributed by atoms with Gasteiger partial charge in [0, 0.05) is 22.7 Å². The number of rotatable bonds is 6. The van der Waals surface area contributed by atoms with E-state index in [4.69, 9.17) is 23.2 Å². The molecule has 5 nitrogen and oxygen atoms in total. The van der Waals surface area contributed by atoms with E-state index in [1.807, 2.05) is 32.3 Å². The maximum atomic E-state index is 12.4. The van der Waals surface area contributed by atoms with E-state index in [1.54, 1.807) is 24.3 Å². The number of nitrogens with zero attached hydrogens (tertiary/aromatic N) is 3. The number of hydrogen-bond acceptors (Lipinski definition) is 4. The quantitative estimate of drug-likeness (QED) is 0.544. The zero-order chi connectivity index (χ0) is 19.5. The predicted octanol–water partition coefficient (Wildman–Crippen LogP) is 4.83. The van der Waals surface area contributed by atoms with Crippen LogP contribution in [-0.2, 0) is 11.3 Å². The molecule has 1 heterocycles. The molecule has 1 N–H and O–H groups in total. The summed E-state index contributed by atoms with van der Waals surface area (Å²) < 4.78 is 1.88. The number of halogens is 2. The van der Waals surface area contributed by atoms with E-state index < -0.39 is 0 Å². The first-order valence-corrected chi connectivity index (χ1v) is 9.74. The van der Waals surface area contributed by atoms with Crippen LogP contribution in [0.3, 0.4) is 0 Å². The van der Waals surface area contributed by atoms with Crippen molar-refractivity contribution in [1.29, 1.82) is 0 Å². The van der Waals surface area contributed by atoms with E-state index in [2.05, 4.69) is 22.1 Å². The summed E-state index contributed by atoms with van der Waals surface area (Å²) in [6, 6.07) is 5.22. The highest BCUT2D eigenvalue weighted by Gasteiger charge is 2.24. The molecule has 0 radical (unpaired) electrons. The van der Waals surface area contributed by atoms with Gasteiger partial charge in [0.05, 0.1) is 10.3 Å². The van der Waals surface area contributed by atoms with Gasteiger partial charge in [-0.1, -0.05) is 41.0 Å². The van der Waals surface area contributed by atoms with Gasteiger partial charge < -0.3 is 5.32 Å². The Balaban J connectivity index is 2.31. The van der Waals surface area contributed by atoms with Crippen LogP contribution in [0, 0.1) is 0 Å². The van der Waals surface area contributed by atoms with Crippen LogP contribution in [0.4, 0.5) is 0 Å². The molecule has 26 heavy (non-hydrogen) atoms. The highest BCUT2D eigenvalue weighted by Crippen LogP contribution is 2.32. The number of thioether (sulfide) groups is 1. The van der Waals surface area contributed by atoms with Crippen molar-refractivity contribution in [3.05, 3.63) is 40.9 Å². The third kappa shape index (κ3) is 5.25. The second-order valence-corrected chi connectivity index (χ2v) is 8.98. The Bertz CT molecular complexity index is 814. The number of benzene rings is 1. The van der Waals surface area contributed by atoms with E-state index in [0.717, 1.165) is 5.56 Å². The Morgan fingerprint density at radius 3 is 2.65 bits per heavy atom. The first-order valence-electron chi connectivity index (χ1n) is 8.10. The Labute approximate surface area is 168 Å². The molecule has 0 bridgehead atoms. The van der Waals surface area contributed by atoms with Gasteiger partial charge in [-0.05, 0) is 45.9 Å². The number of carbonyl (C=O) groups excluding carboxylic acids is 1. The summed E-state index contributed by atoms with van der Waals surface area (Å²) in [7, 11) is 0. The summed E-state index contributed by atoms with van der Waals surface area (Å²) in [5.41, 5.74) is 0.437. The fourth-order valence-electron chi connectivity index (χ4n) is 2.22. The SMILES string of the molecule is C=CCn1c(S[C@@H](C)C(=O)NC(C)(C)C)nnc1-c1ccc(Cl)cc1Cl. The number of hydrogen-bond donors (Lipinski definition) is 1. The fraction of sp³-hybridized carbons (Fsp3) is 0.389. The average molecular weight is 413 g/mol. The van der Waals surface area contributed by atoms with Crippen molar-refractivity contribution in [3.8, 4) is 11.4 Å². The number of allylic oxidation sites excluding steroid dienone is 1. The molecule has 0 unspecified atom stereocenters. The maximum Gasteiger partial charge on any atom is 0.233 e. The lowest BCUT2D eigenvalue weighted by Crippen LogP contribution is -2.44. The van der Waals surface area contributed by atoms with Gasteiger partial charge in [0.15, 0.2) is 11.0 Å². The average Bonchev–Trinajstić information content (AvgIpc) is 2.89. The first kappa shape index (κ1) is 20.8. The summed E-state index contributed by atoms with van der Waals surface area (Å²) in [5.74, 6) is 0.555. The lowest BCUT2D eigenvalue weighted by molar-refractivity contribution is -0.121. The van der Waals surface area contributed by atoms with E-state index in [1.165, 1.54) is 11.8 Å². The zero-order valence-electron chi connectivity index (χ0n) is 15.2. The molecule has 1 atom stereocenters. The standard InChI is InChI=1S/C18H22Cl2N4OS/c1-6-9-24-15(13-8-7-12(19)10-14(13)20)22-23-17(24)26-11(2)16(25)21-18(3,4)5/h6-8,10-11H,1,9H2,2-5H3,(H,21,25)/t11-/m0/s1. The van der Waals surface area contributed by atoms with Crippen molar-refractivity contribution in [2.45, 2.75) is 50.2 Å². The molecular weight excluding hydrogens is 391 g/mol. The van der Waals surface area contributed by atoms with Crippen molar-refractivity contribution in [3.63, 3.8) is 0 Å². The van der Waals surface area contributed by atoms with Gasteiger partial charge in [-0.2, -0.15) is 0 Å². The largest absolute Gasteiger partial charge is 0.351 e. The molecule has 0 fully saturated rings. The van der Waals surface area contributed by atoms with Crippen LogP contribution in [0.5, 0.6) is 0 Å². The van der Waals surface area contributed by atoms with E-state index >= 15 is 0 Å². The Morgan fingerprint density at radius 2 is 2.08 bits per heavy atom. The second kappa shape index (κ2) is 8.46. The number of amides is 1. The molecule has 0 saturated heterocycles. The van der Waals surface area contributed by atoms with Crippen LogP contribution in [-0.4, -0.2) is 31.5 Å². The zero-order valence-corrected chi connectivity index (χ0v) is 17.5. The summed E-state index contributed by atoms with van der Waals surface area (Å²) in [4.78, 5) is 12.4. The van der Waals surface area contributed by atoms with E-state index in [9.17, 15) is 4.79 Å². The van der Waals surface area contributed by atoms with Crippen LogP contribution >= 0.6 is 35.0 Å². The Hall–Kier alpha value is -1.50. The van der Waals surface area contributed by atoms with Crippen molar-refractivity contribution in [2.24, 2.45) is 0 Å². The molecule has 1 amide bonds. The third-order valence-electron chi connectivity index (χ3n) is 3.35. The van der Waals surface area contributed by atoms with E-state index in [-0.39, 0.29) is 16.7 Å². The van der Waals surface area contributed by atoms with Gasteiger partial charge in [0.2, 0.25) is 5.91 Å². The molecule has 2 aromatic rings. The Kier molecular flexibility index (Phi) is 6.77. The molecule has 8 heteroatoms. The summed E-state index contributed by atoms with van der Waals surface area (Å²) in [6.07, 6.45) is 1.75. The lowest BCUT2D eigenvalue weighted by atomic mass is 10.1. The molecule has 2 rings (SSSR count). The highest BCUT2D eigenvalue weighted by atomic mass is 35.5. The molecule has 1 aromatic heterocycles. The lowest BCUT2D eigenvalue weighted by Gasteiger charge is -2.22. The van der Waals surface area contributed by atoms with Gasteiger partial charge in [-0.3, -0.25) is 9.36 Å². The molecular formula is C18H22Cl2N4OS. The minimum absolute atomic E-state index is 0.0540. The number of aromatic nitrogens is 3. The molecule has 140 valence electrons. The van der Waals surface area contributed by atoms with Crippen LogP contribution in [0.2, 0.25) is 10.0 Å². The first-order chi connectivity index (χ1) is 12.1. The van der Waals surface area contributed by atoms with Crippen LogP contribution in [0.1, 0.15) is 27.7 Å². The third-order valence-corrected chi connectivity index (χ3v) is 4.98. The molecule has 0 saturated carbocycles. The normalized spacial score (nSPS) is 12.7. The van der Waals surface area contributed by atoms with Gasteiger partial charge in [-0.25, -0.2) is 0 Å². The highest BCUT2D eigenvalue weighted by molar-refractivity contribution is 8.00. The topological polar surface area (TPSA) is 59.8 Å². The molecule has 0 aliphatic carbocycles. The molecule has 0 spiro atoms. The van der Waals surface area contributed by atoms with Crippen LogP contribution in [0.15, 0.2) is 36.0 Å². The Morgan fingerprint density at radius 1 is 1.38 bits per heavy atom. The van der Waals surface area contributed by atoms with Crippen molar-refractivity contribution in [1.82, 2.24) is 20.1 Å². The van der Waals surface area contributed by atoms with Gasteiger partial charge in [0.25, 0.3) is 0 Å². The number of carbonyl (C=O) groups is 1. The van der Waals surface area contributed by atoms with E-state index in [0.29, 0.717) is 27.6 Å². The van der Waals surface area contributed by atoms with Crippen molar-refractivity contribution >= 4 is 40.9 Å². The molecule has 0 aliphatic heterocycles. The number of nitrogens with one attached hydrogen (secondary N) is 1. The summed E-state index contributed by atoms with van der Waals surface area (Å²) in [6.45, 7) is 12.0. The smallest absolute Gasteiger partial charge is 0.233 e. The predicted molar refractivity (Wildman–Crippen MR) is 109 cm³/mol. The molecule has 0 aliphatic rings. The van der Waals surface area contributed by atoms with Gasteiger partial charge in [0.1, 0.15) is 0 Å². The molecule has 1 aromatic carbocycles.